The minimum Gasteiger partial charge on any atom is -0.379 e. The lowest BCUT2D eigenvalue weighted by atomic mass is 9.91. The van der Waals surface area contributed by atoms with Crippen LogP contribution in [0.1, 0.15) is 162 Å². The highest BCUT2D eigenvalue weighted by atomic mass is 19.3. The number of rotatable bonds is 104. The molecule has 0 aliphatic carbocycles. The van der Waals surface area contributed by atoms with Gasteiger partial charge in [-0.25, -0.2) is 17.6 Å². The van der Waals surface area contributed by atoms with Crippen LogP contribution in [0, 0.1) is 10.8 Å². The van der Waals surface area contributed by atoms with Crippen molar-refractivity contribution < 1.29 is 226 Å². The summed E-state index contributed by atoms with van der Waals surface area (Å²) in [6.45, 7) is 34.5. The molecule has 0 atom stereocenters. The van der Waals surface area contributed by atoms with Gasteiger partial charge in [0, 0.05) is 52.9 Å². The Bertz CT molecular complexity index is 1900. The maximum atomic E-state index is 12.9. The minimum atomic E-state index is -1.46. The Labute approximate surface area is 844 Å². The second-order valence-corrected chi connectivity index (χ2v) is 28.4. The number of halogens is 8. The van der Waals surface area contributed by atoms with Gasteiger partial charge in [-0.3, -0.25) is 0 Å². The quantitative estimate of drug-likeness (QED) is 0.0403. The Balaban J connectivity index is -0.000000168. The summed E-state index contributed by atoms with van der Waals surface area (Å²) in [6.07, 6.45) is 6.28. The van der Waals surface area contributed by atoms with E-state index in [-0.39, 0.29) is 161 Å². The topological polar surface area (TPSA) is 432 Å². The average molecular weight is 2110 g/mol. The van der Waals surface area contributed by atoms with Crippen molar-refractivity contribution in [3.05, 3.63) is 0 Å². The highest BCUT2D eigenvalue weighted by molar-refractivity contribution is 5.12. The number of carbonyl (C=O) groups excluding carboxylic acids is 8. The van der Waals surface area contributed by atoms with Crippen molar-refractivity contribution in [2.24, 2.45) is 10.8 Å². The SMILES string of the molecule is C.C.C.C.C=O.C=O.C=O.C=O.C=O.C=O.C=O.C=O.CCCCOCC(COCCCC)OCC(COC(COCCCC)COCCCC)(COC(COCCOCCC)COCCOCCC)COC(COCCOCCC)COCCOCCC.FCOCC(COCF)OCC(COC(COCF)COCF)(COC(COCCOF)COCCOF)COC(COCCOF)COCCOF. The number of unbranched alkanes of at least 4 members (excludes halogenated alkanes) is 4. The zero-order chi connectivity index (χ0) is 106. The third kappa shape index (κ3) is 126. The third-order valence-corrected chi connectivity index (χ3v) is 16.8. The number of hydrogen-bond acceptors (Lipinski definition) is 40. The molecular formula is C94H192F8O40. The standard InChI is InChI=1S/C53H108O16.C29H52F8O16.8CH2O.4CH4/c1-9-17-25-58-37-49(38-59-26-18-10-2)66-45-53(46-67-50(39-60-27-19-11-3)40-61-28-20-12-4,47-68-51(41-62-33-29-54-21-13-5)42-63-34-30-55-22-14-6)48-69-52(43-64-35-31-56-23-15-7)44-65-36-32-57-24-16-8;30-21-42-13-27(14-43-22-31)48-19-29(20-49-28(15-44-23-32)16-45-24-33,17-46-25(9-38-1-5-50-34)10-39-2-6-51-35)18-47-26(11-40-3-7-52-36)12-41-4-8-53-37;8*1-2;;;;/h49-52H,9-48H2,1-8H3;25-28H,1-24H2;8*1H2;4*1H4. The smallest absolute Gasteiger partial charge is 0.188 e. The fourth-order valence-corrected chi connectivity index (χ4v) is 10.1. The fourth-order valence-electron chi connectivity index (χ4n) is 10.1. The average Bonchev–Trinajstić information content (AvgIpc) is 0.849. The highest BCUT2D eigenvalue weighted by Crippen LogP contribution is 2.28. The maximum absolute atomic E-state index is 12.9. The van der Waals surface area contributed by atoms with Crippen LogP contribution in [0.5, 0.6) is 0 Å². The molecule has 0 fully saturated rings. The van der Waals surface area contributed by atoms with Gasteiger partial charge in [0.1, 0.15) is 130 Å². The first-order valence-electron chi connectivity index (χ1n) is 45.9. The van der Waals surface area contributed by atoms with E-state index in [1.807, 2.05) is 54.3 Å². The van der Waals surface area contributed by atoms with Gasteiger partial charge < -0.3 is 171 Å². The van der Waals surface area contributed by atoms with E-state index in [0.29, 0.717) is 159 Å². The van der Waals surface area contributed by atoms with Crippen molar-refractivity contribution in [2.75, 3.05) is 345 Å². The first-order valence-corrected chi connectivity index (χ1v) is 45.9. The summed E-state index contributed by atoms with van der Waals surface area (Å²) in [5.74, 6) is 0. The Morgan fingerprint density at radius 2 is 0.289 bits per heavy atom. The normalized spacial score (nSPS) is 10.9. The van der Waals surface area contributed by atoms with Crippen LogP contribution in [0.4, 0.5) is 35.7 Å². The molecule has 0 aromatic rings. The Morgan fingerprint density at radius 1 is 0.169 bits per heavy atom. The summed E-state index contributed by atoms with van der Waals surface area (Å²) in [4.78, 5) is 78.0. The molecule has 0 N–H and O–H groups in total. The van der Waals surface area contributed by atoms with E-state index >= 15 is 0 Å². The van der Waals surface area contributed by atoms with E-state index < -0.39 is 115 Å². The van der Waals surface area contributed by atoms with Crippen LogP contribution in [0.2, 0.25) is 0 Å². The molecule has 0 aliphatic rings. The second-order valence-electron chi connectivity index (χ2n) is 28.4. The summed E-state index contributed by atoms with van der Waals surface area (Å²) in [7, 11) is 0. The molecule has 0 spiro atoms. The predicted molar refractivity (Wildman–Crippen MR) is 517 cm³/mol. The third-order valence-electron chi connectivity index (χ3n) is 16.8. The molecule has 0 radical (unpaired) electrons. The first-order chi connectivity index (χ1) is 67.9. The van der Waals surface area contributed by atoms with Crippen LogP contribution in [-0.2, 0) is 191 Å². The van der Waals surface area contributed by atoms with Crippen molar-refractivity contribution >= 4 is 54.3 Å². The Hall–Kier alpha value is -4.48. The van der Waals surface area contributed by atoms with Crippen LogP contribution in [0.3, 0.4) is 0 Å². The summed E-state index contributed by atoms with van der Waals surface area (Å²) < 4.78 is 265. The fraction of sp³-hybridized carbons (Fsp3) is 0.915. The van der Waals surface area contributed by atoms with Crippen molar-refractivity contribution in [1.82, 2.24) is 0 Å². The predicted octanol–water partition coefficient (Wildman–Crippen LogP) is 12.6. The molecule has 0 amide bonds. The van der Waals surface area contributed by atoms with Crippen LogP contribution in [-0.4, -0.2) is 448 Å². The molecule has 0 saturated carbocycles. The van der Waals surface area contributed by atoms with Crippen LogP contribution in [0.15, 0.2) is 0 Å². The molecule has 48 heteroatoms. The summed E-state index contributed by atoms with van der Waals surface area (Å²) in [5.41, 5.74) is -2.33. The molecule has 0 bridgehead atoms. The molecule has 0 unspecified atom stereocenters. The summed E-state index contributed by atoms with van der Waals surface area (Å²) >= 11 is 0. The Kier molecular flexibility index (Phi) is 182. The van der Waals surface area contributed by atoms with Gasteiger partial charge in [0.05, 0.1) is 249 Å². The molecule has 864 valence electrons. The molecule has 0 saturated heterocycles. The maximum Gasteiger partial charge on any atom is 0.188 e. The molecule has 0 aromatic heterocycles. The molecule has 0 aromatic carbocycles. The van der Waals surface area contributed by atoms with Gasteiger partial charge in [0.25, 0.3) is 0 Å². The lowest BCUT2D eigenvalue weighted by Crippen LogP contribution is -2.48. The van der Waals surface area contributed by atoms with E-state index in [1.165, 1.54) is 0 Å². The lowest BCUT2D eigenvalue weighted by molar-refractivity contribution is -0.193. The van der Waals surface area contributed by atoms with E-state index in [2.05, 4.69) is 75.2 Å². The number of hydrogen-bond donors (Lipinski definition) is 0. The van der Waals surface area contributed by atoms with E-state index in [0.717, 1.165) is 77.0 Å². The van der Waals surface area contributed by atoms with Crippen molar-refractivity contribution in [2.45, 2.75) is 211 Å². The monoisotopic (exact) mass is 2110 g/mol. The molecule has 0 aliphatic heterocycles. The zero-order valence-corrected chi connectivity index (χ0v) is 83.9. The van der Waals surface area contributed by atoms with Crippen LogP contribution < -0.4 is 0 Å². The van der Waals surface area contributed by atoms with Gasteiger partial charge in [0.2, 0.25) is 0 Å². The van der Waals surface area contributed by atoms with Gasteiger partial charge in [-0.15, -0.1) is 0 Å². The first kappa shape index (κ1) is 168. The van der Waals surface area contributed by atoms with Crippen LogP contribution in [0.25, 0.3) is 0 Å². The largest absolute Gasteiger partial charge is 0.379 e. The molecule has 142 heavy (non-hydrogen) atoms. The van der Waals surface area contributed by atoms with Crippen molar-refractivity contribution in [1.29, 1.82) is 0 Å². The van der Waals surface area contributed by atoms with Gasteiger partial charge in [-0.05, 0) is 69.5 Å². The number of carbonyl (C=O) groups is 8. The van der Waals surface area contributed by atoms with Gasteiger partial charge >= 0.3 is 0 Å². The molecule has 40 nitrogen and oxygen atoms in total. The number of ether oxygens (including phenoxy) is 28. The van der Waals surface area contributed by atoms with E-state index in [4.69, 9.17) is 171 Å². The second kappa shape index (κ2) is 154. The van der Waals surface area contributed by atoms with Gasteiger partial charge in [-0.1, -0.05) is 111 Å². The lowest BCUT2D eigenvalue weighted by Gasteiger charge is -2.37. The number of alkyl halides is 4. The van der Waals surface area contributed by atoms with Crippen molar-refractivity contribution in [3.63, 3.8) is 0 Å². The van der Waals surface area contributed by atoms with E-state index in [9.17, 15) is 35.7 Å². The van der Waals surface area contributed by atoms with Gasteiger partial charge in [0.15, 0.2) is 27.4 Å². The van der Waals surface area contributed by atoms with Crippen molar-refractivity contribution in [3.8, 4) is 0 Å². The molecule has 0 rings (SSSR count). The summed E-state index contributed by atoms with van der Waals surface area (Å²) in [5, 5.41) is 0. The zero-order valence-electron chi connectivity index (χ0n) is 83.9. The highest BCUT2D eigenvalue weighted by Gasteiger charge is 2.39. The van der Waals surface area contributed by atoms with Crippen LogP contribution >= 0.6 is 0 Å². The van der Waals surface area contributed by atoms with Gasteiger partial charge in [-0.2, -0.15) is 19.8 Å². The van der Waals surface area contributed by atoms with E-state index in [1.54, 1.807) is 0 Å². The Morgan fingerprint density at radius 3 is 0.408 bits per heavy atom. The molecular weight excluding hydrogens is 1920 g/mol. The summed E-state index contributed by atoms with van der Waals surface area (Å²) in [6, 6.07) is 0. The molecule has 0 heterocycles. The minimum absolute atomic E-state index is 0.